The number of H-pyrrole nitrogens is 1. The standard InChI is InChI=1S/C9H10BrFN2O4/c10-5-2-13(9(16)12-7(5)15)8-6(11)1-4(3-14)17-8/h2,4,6,8,14H,1,3H2,(H,12,15,16)/t4-,6-,8+/m1/s1. The monoisotopic (exact) mass is 308 g/mol. The minimum Gasteiger partial charge on any atom is -0.394 e. The summed E-state index contributed by atoms with van der Waals surface area (Å²) in [6, 6.07) is 0. The fourth-order valence-corrected chi connectivity index (χ4v) is 2.03. The second-order valence-electron chi connectivity index (χ2n) is 3.73. The fraction of sp³-hybridized carbons (Fsp3) is 0.556. The molecule has 1 fully saturated rings. The molecule has 0 spiro atoms. The van der Waals surface area contributed by atoms with Gasteiger partial charge in [0.1, 0.15) is 6.17 Å². The fourth-order valence-electron chi connectivity index (χ4n) is 1.71. The Hall–Kier alpha value is -0.990. The summed E-state index contributed by atoms with van der Waals surface area (Å²) >= 11 is 2.95. The molecule has 1 aromatic heterocycles. The summed E-state index contributed by atoms with van der Waals surface area (Å²) in [6.45, 7) is -0.309. The van der Waals surface area contributed by atoms with Gasteiger partial charge in [-0.05, 0) is 15.9 Å². The molecule has 94 valence electrons. The Kier molecular flexibility index (Phi) is 3.45. The van der Waals surface area contributed by atoms with Crippen molar-refractivity contribution in [3.63, 3.8) is 0 Å². The summed E-state index contributed by atoms with van der Waals surface area (Å²) in [4.78, 5) is 24.6. The number of halogens is 2. The molecule has 2 heterocycles. The van der Waals surface area contributed by atoms with Gasteiger partial charge in [-0.2, -0.15) is 0 Å². The van der Waals surface area contributed by atoms with Crippen LogP contribution in [0.25, 0.3) is 0 Å². The zero-order chi connectivity index (χ0) is 12.6. The van der Waals surface area contributed by atoms with Gasteiger partial charge in [0.2, 0.25) is 0 Å². The van der Waals surface area contributed by atoms with Crippen molar-refractivity contribution in [2.45, 2.75) is 24.9 Å². The van der Waals surface area contributed by atoms with E-state index in [1.54, 1.807) is 0 Å². The quantitative estimate of drug-likeness (QED) is 0.800. The van der Waals surface area contributed by atoms with E-state index in [0.717, 1.165) is 4.57 Å². The molecule has 1 aliphatic rings. The van der Waals surface area contributed by atoms with Crippen molar-refractivity contribution in [3.8, 4) is 0 Å². The third-order valence-corrected chi connectivity index (χ3v) is 3.10. The Balaban J connectivity index is 2.38. The second kappa shape index (κ2) is 4.71. The van der Waals surface area contributed by atoms with E-state index in [1.807, 2.05) is 4.98 Å². The van der Waals surface area contributed by atoms with E-state index in [1.165, 1.54) is 6.20 Å². The van der Waals surface area contributed by atoms with Crippen LogP contribution >= 0.6 is 15.9 Å². The van der Waals surface area contributed by atoms with Crippen LogP contribution in [0.2, 0.25) is 0 Å². The number of rotatable bonds is 2. The smallest absolute Gasteiger partial charge is 0.330 e. The number of alkyl halides is 1. The average molecular weight is 309 g/mol. The Labute approximate surface area is 103 Å². The summed E-state index contributed by atoms with van der Waals surface area (Å²) in [5.41, 5.74) is -1.33. The zero-order valence-corrected chi connectivity index (χ0v) is 10.2. The van der Waals surface area contributed by atoms with E-state index < -0.39 is 29.8 Å². The summed E-state index contributed by atoms with van der Waals surface area (Å²) in [5.74, 6) is 0. The molecule has 8 heteroatoms. The highest BCUT2D eigenvalue weighted by Gasteiger charge is 2.37. The van der Waals surface area contributed by atoms with Crippen molar-refractivity contribution in [1.29, 1.82) is 0 Å². The highest BCUT2D eigenvalue weighted by molar-refractivity contribution is 9.10. The van der Waals surface area contributed by atoms with Gasteiger partial charge >= 0.3 is 5.69 Å². The molecule has 0 amide bonds. The molecular formula is C9H10BrFN2O4. The molecule has 0 bridgehead atoms. The van der Waals surface area contributed by atoms with E-state index in [9.17, 15) is 14.0 Å². The topological polar surface area (TPSA) is 84.3 Å². The predicted molar refractivity (Wildman–Crippen MR) is 59.5 cm³/mol. The third kappa shape index (κ3) is 2.33. The predicted octanol–water partition coefficient (Wildman–Crippen LogP) is -0.0830. The first-order valence-corrected chi connectivity index (χ1v) is 5.73. The summed E-state index contributed by atoms with van der Waals surface area (Å²) in [6.07, 6.45) is -1.95. The molecule has 0 saturated carbocycles. The Morgan fingerprint density at radius 3 is 2.94 bits per heavy atom. The number of hydrogen-bond acceptors (Lipinski definition) is 4. The van der Waals surface area contributed by atoms with Gasteiger partial charge in [0.05, 0.1) is 17.2 Å². The van der Waals surface area contributed by atoms with Crippen molar-refractivity contribution in [2.75, 3.05) is 6.61 Å². The lowest BCUT2D eigenvalue weighted by Crippen LogP contribution is -2.34. The zero-order valence-electron chi connectivity index (χ0n) is 8.60. The van der Waals surface area contributed by atoms with Crippen molar-refractivity contribution < 1.29 is 14.2 Å². The number of aromatic nitrogens is 2. The second-order valence-corrected chi connectivity index (χ2v) is 4.58. The van der Waals surface area contributed by atoms with Crippen molar-refractivity contribution in [1.82, 2.24) is 9.55 Å². The van der Waals surface area contributed by atoms with Gasteiger partial charge in [0, 0.05) is 12.6 Å². The van der Waals surface area contributed by atoms with Crippen LogP contribution in [0.5, 0.6) is 0 Å². The SMILES string of the molecule is O=c1[nH]c(=O)n([C@H]2O[C@@H](CO)C[C@H]2F)cc1Br. The average Bonchev–Trinajstić information content (AvgIpc) is 2.65. The van der Waals surface area contributed by atoms with Crippen LogP contribution in [0, 0.1) is 0 Å². The molecule has 2 rings (SSSR count). The number of aliphatic hydroxyl groups excluding tert-OH is 1. The number of aliphatic hydroxyl groups is 1. The van der Waals surface area contributed by atoms with Crippen molar-refractivity contribution in [3.05, 3.63) is 31.5 Å². The van der Waals surface area contributed by atoms with E-state index in [2.05, 4.69) is 15.9 Å². The van der Waals surface area contributed by atoms with Crippen molar-refractivity contribution in [2.24, 2.45) is 0 Å². The Morgan fingerprint density at radius 1 is 1.65 bits per heavy atom. The summed E-state index contributed by atoms with van der Waals surface area (Å²) in [5, 5.41) is 8.87. The van der Waals surface area contributed by atoms with Gasteiger partial charge in [0.15, 0.2) is 6.23 Å². The summed E-state index contributed by atoms with van der Waals surface area (Å²) < 4.78 is 19.9. The van der Waals surface area contributed by atoms with Crippen LogP contribution in [-0.4, -0.2) is 33.5 Å². The van der Waals surface area contributed by atoms with E-state index >= 15 is 0 Å². The van der Waals surface area contributed by atoms with E-state index in [-0.39, 0.29) is 17.5 Å². The van der Waals surface area contributed by atoms with Gasteiger partial charge in [-0.1, -0.05) is 0 Å². The van der Waals surface area contributed by atoms with E-state index in [0.29, 0.717) is 0 Å². The molecule has 0 unspecified atom stereocenters. The molecule has 1 aliphatic heterocycles. The van der Waals surface area contributed by atoms with Gasteiger partial charge in [-0.25, -0.2) is 9.18 Å². The first kappa shape index (κ1) is 12.5. The van der Waals surface area contributed by atoms with Gasteiger partial charge in [-0.3, -0.25) is 14.3 Å². The maximum absolute atomic E-state index is 13.6. The molecule has 2 N–H and O–H groups in total. The lowest BCUT2D eigenvalue weighted by Gasteiger charge is -2.15. The van der Waals surface area contributed by atoms with Crippen LogP contribution in [0.15, 0.2) is 20.3 Å². The highest BCUT2D eigenvalue weighted by Crippen LogP contribution is 2.30. The van der Waals surface area contributed by atoms with Gasteiger partial charge in [0.25, 0.3) is 5.56 Å². The highest BCUT2D eigenvalue weighted by atomic mass is 79.9. The third-order valence-electron chi connectivity index (χ3n) is 2.53. The lowest BCUT2D eigenvalue weighted by molar-refractivity contribution is -0.0395. The van der Waals surface area contributed by atoms with Crippen LogP contribution in [0.4, 0.5) is 4.39 Å². The van der Waals surface area contributed by atoms with Gasteiger partial charge in [-0.15, -0.1) is 0 Å². The maximum Gasteiger partial charge on any atom is 0.330 e. The molecule has 0 aliphatic carbocycles. The molecule has 6 nitrogen and oxygen atoms in total. The summed E-state index contributed by atoms with van der Waals surface area (Å²) in [7, 11) is 0. The Morgan fingerprint density at radius 2 is 2.35 bits per heavy atom. The van der Waals surface area contributed by atoms with Crippen LogP contribution in [0.1, 0.15) is 12.6 Å². The first-order valence-electron chi connectivity index (χ1n) is 4.94. The van der Waals surface area contributed by atoms with Crippen LogP contribution in [0.3, 0.4) is 0 Å². The number of nitrogens with zero attached hydrogens (tertiary/aromatic N) is 1. The normalized spacial score (nSPS) is 28.5. The lowest BCUT2D eigenvalue weighted by atomic mass is 10.2. The number of hydrogen-bond donors (Lipinski definition) is 2. The maximum atomic E-state index is 13.6. The van der Waals surface area contributed by atoms with Crippen LogP contribution < -0.4 is 11.2 Å². The molecule has 0 aromatic carbocycles. The minimum atomic E-state index is -1.40. The number of ether oxygens (including phenoxy) is 1. The number of aromatic amines is 1. The minimum absolute atomic E-state index is 0.0182. The molecule has 17 heavy (non-hydrogen) atoms. The van der Waals surface area contributed by atoms with Crippen LogP contribution in [-0.2, 0) is 4.74 Å². The Bertz CT molecular complexity index is 528. The first-order chi connectivity index (χ1) is 8.02. The molecular weight excluding hydrogens is 299 g/mol. The largest absolute Gasteiger partial charge is 0.394 e. The molecule has 1 saturated heterocycles. The molecule has 0 radical (unpaired) electrons. The van der Waals surface area contributed by atoms with E-state index in [4.69, 9.17) is 9.84 Å². The van der Waals surface area contributed by atoms with Crippen molar-refractivity contribution >= 4 is 15.9 Å². The number of nitrogens with one attached hydrogen (secondary N) is 1. The van der Waals surface area contributed by atoms with Gasteiger partial charge < -0.3 is 9.84 Å². The molecule has 3 atom stereocenters. The molecule has 1 aromatic rings.